The summed E-state index contributed by atoms with van der Waals surface area (Å²) in [7, 11) is 0. The molecule has 0 atom stereocenters. The van der Waals surface area contributed by atoms with Gasteiger partial charge < -0.3 is 15.5 Å². The fraction of sp³-hybridized carbons (Fsp3) is 0.588. The minimum Gasteiger partial charge on any atom is -0.376 e. The normalized spacial score (nSPS) is 10.3. The molecule has 0 spiro atoms. The molecule has 1 amide bonds. The second-order valence-electron chi connectivity index (χ2n) is 5.23. The van der Waals surface area contributed by atoms with Crippen LogP contribution in [0.1, 0.15) is 39.2 Å². The number of rotatable bonds is 9. The molecule has 4 nitrogen and oxygen atoms in total. The first-order chi connectivity index (χ1) is 10.1. The first kappa shape index (κ1) is 17.3. The SMILES string of the molecule is CCCCNC(=O)CNc1ccc(N(CC)CC)cc1C. The second-order valence-corrected chi connectivity index (χ2v) is 5.23. The number of unbranched alkanes of at least 4 members (excludes halogenated alkanes) is 1. The van der Waals surface area contributed by atoms with E-state index < -0.39 is 0 Å². The van der Waals surface area contributed by atoms with E-state index in [0.717, 1.165) is 38.2 Å². The van der Waals surface area contributed by atoms with E-state index >= 15 is 0 Å². The van der Waals surface area contributed by atoms with Crippen molar-refractivity contribution in [3.8, 4) is 0 Å². The van der Waals surface area contributed by atoms with Crippen LogP contribution in [-0.2, 0) is 4.79 Å². The molecule has 0 bridgehead atoms. The van der Waals surface area contributed by atoms with E-state index in [1.165, 1.54) is 11.3 Å². The molecule has 21 heavy (non-hydrogen) atoms. The molecule has 0 aliphatic rings. The Morgan fingerprint density at radius 2 is 1.90 bits per heavy atom. The van der Waals surface area contributed by atoms with Crippen LogP contribution in [0.15, 0.2) is 18.2 Å². The van der Waals surface area contributed by atoms with Gasteiger partial charge in [0, 0.05) is 31.0 Å². The van der Waals surface area contributed by atoms with E-state index in [1.54, 1.807) is 0 Å². The number of benzene rings is 1. The second kappa shape index (κ2) is 9.27. The minimum atomic E-state index is 0.0515. The molecule has 0 aliphatic carbocycles. The Hall–Kier alpha value is -1.71. The van der Waals surface area contributed by atoms with Gasteiger partial charge in [-0.15, -0.1) is 0 Å². The highest BCUT2D eigenvalue weighted by molar-refractivity contribution is 5.81. The highest BCUT2D eigenvalue weighted by Crippen LogP contribution is 2.22. The van der Waals surface area contributed by atoms with E-state index in [0.29, 0.717) is 6.54 Å². The summed E-state index contributed by atoms with van der Waals surface area (Å²) in [5.41, 5.74) is 3.42. The lowest BCUT2D eigenvalue weighted by Gasteiger charge is -2.22. The molecule has 4 heteroatoms. The zero-order valence-electron chi connectivity index (χ0n) is 13.8. The molecular formula is C17H29N3O. The third kappa shape index (κ3) is 5.66. The molecule has 1 aromatic carbocycles. The van der Waals surface area contributed by atoms with Gasteiger partial charge in [0.1, 0.15) is 0 Å². The van der Waals surface area contributed by atoms with Crippen molar-refractivity contribution < 1.29 is 4.79 Å². The first-order valence-electron chi connectivity index (χ1n) is 7.98. The third-order valence-corrected chi connectivity index (χ3v) is 3.63. The van der Waals surface area contributed by atoms with Crippen molar-refractivity contribution in [3.63, 3.8) is 0 Å². The van der Waals surface area contributed by atoms with Gasteiger partial charge in [-0.25, -0.2) is 0 Å². The number of hydrogen-bond acceptors (Lipinski definition) is 3. The van der Waals surface area contributed by atoms with Crippen LogP contribution in [0.5, 0.6) is 0 Å². The van der Waals surface area contributed by atoms with Crippen LogP contribution in [0.2, 0.25) is 0 Å². The molecule has 0 aromatic heterocycles. The van der Waals surface area contributed by atoms with Gasteiger partial charge in [0.05, 0.1) is 6.54 Å². The quantitative estimate of drug-likeness (QED) is 0.687. The summed E-state index contributed by atoms with van der Waals surface area (Å²) >= 11 is 0. The highest BCUT2D eigenvalue weighted by Gasteiger charge is 2.06. The Balaban J connectivity index is 2.55. The lowest BCUT2D eigenvalue weighted by atomic mass is 10.1. The zero-order chi connectivity index (χ0) is 15.7. The van der Waals surface area contributed by atoms with E-state index in [9.17, 15) is 4.79 Å². The Bertz CT molecular complexity index is 442. The number of nitrogens with zero attached hydrogens (tertiary/aromatic N) is 1. The summed E-state index contributed by atoms with van der Waals surface area (Å²) in [5, 5.41) is 6.12. The number of hydrogen-bond donors (Lipinski definition) is 2. The van der Waals surface area contributed by atoms with Crippen LogP contribution < -0.4 is 15.5 Å². The highest BCUT2D eigenvalue weighted by atomic mass is 16.1. The summed E-state index contributed by atoms with van der Waals surface area (Å²) in [6.07, 6.45) is 2.13. The number of carbonyl (C=O) groups excluding carboxylic acids is 1. The average molecular weight is 291 g/mol. The molecule has 0 heterocycles. The Morgan fingerprint density at radius 1 is 1.19 bits per heavy atom. The molecule has 0 unspecified atom stereocenters. The fourth-order valence-corrected chi connectivity index (χ4v) is 2.27. The fourth-order valence-electron chi connectivity index (χ4n) is 2.27. The number of nitrogens with one attached hydrogen (secondary N) is 2. The molecule has 118 valence electrons. The summed E-state index contributed by atoms with van der Waals surface area (Å²) in [6.45, 7) is 11.6. The van der Waals surface area contributed by atoms with Crippen LogP contribution in [-0.4, -0.2) is 32.1 Å². The van der Waals surface area contributed by atoms with Crippen LogP contribution in [0.25, 0.3) is 0 Å². The Labute approximate surface area is 128 Å². The molecular weight excluding hydrogens is 262 g/mol. The van der Waals surface area contributed by atoms with Gasteiger partial charge in [-0.1, -0.05) is 13.3 Å². The summed E-state index contributed by atoms with van der Waals surface area (Å²) < 4.78 is 0. The summed E-state index contributed by atoms with van der Waals surface area (Å²) in [5.74, 6) is 0.0515. The number of carbonyl (C=O) groups is 1. The molecule has 0 fully saturated rings. The number of aryl methyl sites for hydroxylation is 1. The topological polar surface area (TPSA) is 44.4 Å². The predicted octanol–water partition coefficient (Wildman–Crippen LogP) is 3.17. The van der Waals surface area contributed by atoms with Crippen LogP contribution >= 0.6 is 0 Å². The van der Waals surface area contributed by atoms with E-state index in [1.807, 2.05) is 0 Å². The number of anilines is 2. The number of amides is 1. The first-order valence-corrected chi connectivity index (χ1v) is 7.98. The van der Waals surface area contributed by atoms with Crippen molar-refractivity contribution in [2.45, 2.75) is 40.5 Å². The van der Waals surface area contributed by atoms with Crippen molar-refractivity contribution in [2.24, 2.45) is 0 Å². The maximum Gasteiger partial charge on any atom is 0.239 e. The van der Waals surface area contributed by atoms with Gasteiger partial charge in [-0.3, -0.25) is 4.79 Å². The smallest absolute Gasteiger partial charge is 0.239 e. The summed E-state index contributed by atoms with van der Waals surface area (Å²) in [6, 6.07) is 6.34. The third-order valence-electron chi connectivity index (χ3n) is 3.63. The maximum atomic E-state index is 11.7. The van der Waals surface area contributed by atoms with Gasteiger partial charge in [-0.2, -0.15) is 0 Å². The van der Waals surface area contributed by atoms with E-state index in [-0.39, 0.29) is 5.91 Å². The van der Waals surface area contributed by atoms with Crippen LogP contribution in [0.3, 0.4) is 0 Å². The maximum absolute atomic E-state index is 11.7. The van der Waals surface area contributed by atoms with Crippen molar-refractivity contribution in [2.75, 3.05) is 36.4 Å². The Kier molecular flexibility index (Phi) is 7.65. The largest absolute Gasteiger partial charge is 0.376 e. The van der Waals surface area contributed by atoms with Crippen molar-refractivity contribution in [3.05, 3.63) is 23.8 Å². The van der Waals surface area contributed by atoms with Gasteiger partial charge >= 0.3 is 0 Å². The molecule has 0 radical (unpaired) electrons. The van der Waals surface area contributed by atoms with E-state index in [4.69, 9.17) is 0 Å². The molecule has 1 rings (SSSR count). The van der Waals surface area contributed by atoms with Crippen molar-refractivity contribution in [1.82, 2.24) is 5.32 Å². The lowest BCUT2D eigenvalue weighted by molar-refractivity contribution is -0.119. The van der Waals surface area contributed by atoms with Gasteiger partial charge in [0.15, 0.2) is 0 Å². The molecule has 1 aromatic rings. The van der Waals surface area contributed by atoms with Gasteiger partial charge in [-0.05, 0) is 51.0 Å². The molecule has 0 aliphatic heterocycles. The van der Waals surface area contributed by atoms with Crippen molar-refractivity contribution in [1.29, 1.82) is 0 Å². The minimum absolute atomic E-state index is 0.0515. The zero-order valence-corrected chi connectivity index (χ0v) is 13.8. The van der Waals surface area contributed by atoms with Gasteiger partial charge in [0.2, 0.25) is 5.91 Å². The molecule has 2 N–H and O–H groups in total. The predicted molar refractivity (Wildman–Crippen MR) is 91.1 cm³/mol. The molecule has 0 saturated heterocycles. The van der Waals surface area contributed by atoms with Crippen LogP contribution in [0, 0.1) is 6.92 Å². The average Bonchev–Trinajstić information content (AvgIpc) is 2.48. The van der Waals surface area contributed by atoms with Gasteiger partial charge in [0.25, 0.3) is 0 Å². The monoisotopic (exact) mass is 291 g/mol. The lowest BCUT2D eigenvalue weighted by Crippen LogP contribution is -2.30. The van der Waals surface area contributed by atoms with E-state index in [2.05, 4.69) is 61.4 Å². The van der Waals surface area contributed by atoms with Crippen molar-refractivity contribution >= 4 is 17.3 Å². The Morgan fingerprint density at radius 3 is 2.48 bits per heavy atom. The standard InChI is InChI=1S/C17H29N3O/c1-5-8-11-18-17(21)13-19-16-10-9-15(12-14(16)4)20(6-2)7-3/h9-10,12,19H,5-8,11,13H2,1-4H3,(H,18,21). The van der Waals surface area contributed by atoms with Crippen LogP contribution in [0.4, 0.5) is 11.4 Å². The summed E-state index contributed by atoms with van der Waals surface area (Å²) in [4.78, 5) is 14.0. The molecule has 0 saturated carbocycles.